The first kappa shape index (κ1) is 21.5. The predicted octanol–water partition coefficient (Wildman–Crippen LogP) is 2.04. The SMILES string of the molecule is CCNC(=NCC(c1ccco1)N(C)C)NCCc1cccc(C(=O)NC)c1. The van der Waals surface area contributed by atoms with Crippen molar-refractivity contribution in [2.24, 2.45) is 4.99 Å². The Kier molecular flexibility index (Phi) is 8.55. The van der Waals surface area contributed by atoms with E-state index in [-0.39, 0.29) is 11.9 Å². The summed E-state index contributed by atoms with van der Waals surface area (Å²) >= 11 is 0. The number of likely N-dealkylation sites (N-methyl/N-ethyl adjacent to an activating group) is 1. The highest BCUT2D eigenvalue weighted by Crippen LogP contribution is 2.18. The van der Waals surface area contributed by atoms with Gasteiger partial charge in [0.25, 0.3) is 5.91 Å². The van der Waals surface area contributed by atoms with Gasteiger partial charge in [-0.2, -0.15) is 0 Å². The molecule has 0 aliphatic heterocycles. The van der Waals surface area contributed by atoms with Gasteiger partial charge < -0.3 is 20.4 Å². The summed E-state index contributed by atoms with van der Waals surface area (Å²) in [6.45, 7) is 4.13. The summed E-state index contributed by atoms with van der Waals surface area (Å²) in [5, 5.41) is 9.29. The van der Waals surface area contributed by atoms with Crippen molar-refractivity contribution in [3.05, 3.63) is 59.5 Å². The molecule has 0 aliphatic carbocycles. The largest absolute Gasteiger partial charge is 0.468 e. The van der Waals surface area contributed by atoms with Gasteiger partial charge in [-0.15, -0.1) is 0 Å². The quantitative estimate of drug-likeness (QED) is 0.455. The highest BCUT2D eigenvalue weighted by Gasteiger charge is 2.16. The maximum atomic E-state index is 11.8. The third-order valence-electron chi connectivity index (χ3n) is 4.38. The Bertz CT molecular complexity index is 756. The minimum absolute atomic E-state index is 0.0719. The molecule has 7 nitrogen and oxygen atoms in total. The van der Waals surface area contributed by atoms with Gasteiger partial charge in [-0.3, -0.25) is 14.7 Å². The van der Waals surface area contributed by atoms with Crippen LogP contribution >= 0.6 is 0 Å². The van der Waals surface area contributed by atoms with Crippen LogP contribution in [0.3, 0.4) is 0 Å². The molecule has 0 radical (unpaired) electrons. The molecular formula is C21H31N5O2. The van der Waals surface area contributed by atoms with Crippen molar-refractivity contribution in [3.63, 3.8) is 0 Å². The van der Waals surface area contributed by atoms with Gasteiger partial charge in [-0.25, -0.2) is 0 Å². The molecule has 1 unspecified atom stereocenters. The number of hydrogen-bond acceptors (Lipinski definition) is 4. The number of rotatable bonds is 9. The Labute approximate surface area is 167 Å². The zero-order valence-electron chi connectivity index (χ0n) is 17.2. The Hall–Kier alpha value is -2.80. The monoisotopic (exact) mass is 385 g/mol. The molecule has 1 heterocycles. The van der Waals surface area contributed by atoms with Crippen LogP contribution in [0.15, 0.2) is 52.1 Å². The van der Waals surface area contributed by atoms with Gasteiger partial charge in [0.05, 0.1) is 18.8 Å². The fourth-order valence-corrected chi connectivity index (χ4v) is 2.85. The van der Waals surface area contributed by atoms with Crippen LogP contribution in [-0.4, -0.2) is 57.5 Å². The summed E-state index contributed by atoms with van der Waals surface area (Å²) < 4.78 is 5.54. The van der Waals surface area contributed by atoms with E-state index in [9.17, 15) is 4.79 Å². The molecule has 0 saturated heterocycles. The Morgan fingerprint density at radius 2 is 2.04 bits per heavy atom. The molecule has 2 aromatic rings. The highest BCUT2D eigenvalue weighted by atomic mass is 16.3. The number of nitrogens with one attached hydrogen (secondary N) is 3. The van der Waals surface area contributed by atoms with E-state index in [1.807, 2.05) is 57.4 Å². The van der Waals surface area contributed by atoms with Crippen LogP contribution in [0.5, 0.6) is 0 Å². The molecule has 1 amide bonds. The van der Waals surface area contributed by atoms with E-state index in [0.29, 0.717) is 12.1 Å². The standard InChI is InChI=1S/C21H31N5O2/c1-5-23-21(25-15-18(26(3)4)19-10-7-13-28-19)24-12-11-16-8-6-9-17(14-16)20(27)22-2/h6-10,13-14,18H,5,11-12,15H2,1-4H3,(H,22,27)(H2,23,24,25). The summed E-state index contributed by atoms with van der Waals surface area (Å²) in [4.78, 5) is 18.6. The van der Waals surface area contributed by atoms with Crippen molar-refractivity contribution < 1.29 is 9.21 Å². The normalized spacial score (nSPS) is 12.7. The van der Waals surface area contributed by atoms with E-state index < -0.39 is 0 Å². The van der Waals surface area contributed by atoms with E-state index in [1.165, 1.54) is 0 Å². The number of nitrogens with zero attached hydrogens (tertiary/aromatic N) is 2. The zero-order valence-corrected chi connectivity index (χ0v) is 17.2. The number of guanidine groups is 1. The lowest BCUT2D eigenvalue weighted by Gasteiger charge is -2.21. The number of carbonyl (C=O) groups excluding carboxylic acids is 1. The minimum Gasteiger partial charge on any atom is -0.468 e. The topological polar surface area (TPSA) is 81.9 Å². The van der Waals surface area contributed by atoms with Crippen molar-refractivity contribution in [1.29, 1.82) is 0 Å². The molecule has 0 fully saturated rings. The van der Waals surface area contributed by atoms with Crippen LogP contribution < -0.4 is 16.0 Å². The fraction of sp³-hybridized carbons (Fsp3) is 0.429. The van der Waals surface area contributed by atoms with Crippen molar-refractivity contribution in [2.75, 3.05) is 40.8 Å². The van der Waals surface area contributed by atoms with Gasteiger partial charge in [-0.05, 0) is 57.3 Å². The van der Waals surface area contributed by atoms with Gasteiger partial charge in [0.2, 0.25) is 0 Å². The van der Waals surface area contributed by atoms with E-state index in [4.69, 9.17) is 9.41 Å². The summed E-state index contributed by atoms with van der Waals surface area (Å²) in [5.41, 5.74) is 1.78. The lowest BCUT2D eigenvalue weighted by Crippen LogP contribution is -2.39. The molecule has 28 heavy (non-hydrogen) atoms. The van der Waals surface area contributed by atoms with Gasteiger partial charge >= 0.3 is 0 Å². The second kappa shape index (κ2) is 11.1. The van der Waals surface area contributed by atoms with E-state index in [2.05, 4.69) is 20.9 Å². The first-order chi connectivity index (χ1) is 13.5. The van der Waals surface area contributed by atoms with Crippen LogP contribution in [0.2, 0.25) is 0 Å². The first-order valence-corrected chi connectivity index (χ1v) is 9.58. The molecule has 152 valence electrons. The van der Waals surface area contributed by atoms with Crippen molar-refractivity contribution in [2.45, 2.75) is 19.4 Å². The number of aliphatic imine (C=N–C) groups is 1. The summed E-state index contributed by atoms with van der Waals surface area (Å²) in [5.74, 6) is 1.59. The lowest BCUT2D eigenvalue weighted by atomic mass is 10.1. The third kappa shape index (κ3) is 6.42. The maximum Gasteiger partial charge on any atom is 0.251 e. The van der Waals surface area contributed by atoms with Crippen molar-refractivity contribution in [3.8, 4) is 0 Å². The lowest BCUT2D eigenvalue weighted by molar-refractivity contribution is 0.0963. The Balaban J connectivity index is 1.95. The average Bonchev–Trinajstić information content (AvgIpc) is 3.22. The summed E-state index contributed by atoms with van der Waals surface area (Å²) in [6, 6.07) is 11.6. The van der Waals surface area contributed by atoms with Crippen LogP contribution in [0, 0.1) is 0 Å². The molecule has 2 rings (SSSR count). The number of hydrogen-bond donors (Lipinski definition) is 3. The smallest absolute Gasteiger partial charge is 0.251 e. The molecule has 0 aliphatic rings. The third-order valence-corrected chi connectivity index (χ3v) is 4.38. The number of furan rings is 1. The Morgan fingerprint density at radius 1 is 1.21 bits per heavy atom. The van der Waals surface area contributed by atoms with Gasteiger partial charge in [0, 0.05) is 25.7 Å². The van der Waals surface area contributed by atoms with Crippen molar-refractivity contribution >= 4 is 11.9 Å². The van der Waals surface area contributed by atoms with Crippen LogP contribution in [-0.2, 0) is 6.42 Å². The zero-order chi connectivity index (χ0) is 20.4. The molecule has 3 N–H and O–H groups in total. The summed E-state index contributed by atoms with van der Waals surface area (Å²) in [7, 11) is 5.67. The highest BCUT2D eigenvalue weighted by molar-refractivity contribution is 5.94. The molecule has 7 heteroatoms. The van der Waals surface area contributed by atoms with Crippen LogP contribution in [0.1, 0.15) is 34.6 Å². The number of benzene rings is 1. The summed E-state index contributed by atoms with van der Waals surface area (Å²) in [6.07, 6.45) is 2.48. The average molecular weight is 386 g/mol. The van der Waals surface area contributed by atoms with Gasteiger partial charge in [-0.1, -0.05) is 12.1 Å². The van der Waals surface area contributed by atoms with Crippen LogP contribution in [0.4, 0.5) is 0 Å². The van der Waals surface area contributed by atoms with E-state index >= 15 is 0 Å². The molecule has 0 saturated carbocycles. The van der Waals surface area contributed by atoms with Gasteiger partial charge in [0.15, 0.2) is 5.96 Å². The second-order valence-electron chi connectivity index (χ2n) is 6.67. The van der Waals surface area contributed by atoms with Crippen molar-refractivity contribution in [1.82, 2.24) is 20.9 Å². The Morgan fingerprint density at radius 3 is 2.68 bits per heavy atom. The molecule has 1 atom stereocenters. The molecule has 0 spiro atoms. The molecule has 1 aromatic heterocycles. The molecule has 1 aromatic carbocycles. The maximum absolute atomic E-state index is 11.8. The van der Waals surface area contributed by atoms with E-state index in [1.54, 1.807) is 13.3 Å². The second-order valence-corrected chi connectivity index (χ2v) is 6.67. The fourth-order valence-electron chi connectivity index (χ4n) is 2.85. The minimum atomic E-state index is -0.0719. The van der Waals surface area contributed by atoms with Crippen LogP contribution in [0.25, 0.3) is 0 Å². The number of carbonyl (C=O) groups is 1. The first-order valence-electron chi connectivity index (χ1n) is 9.58. The number of amides is 1. The molecular weight excluding hydrogens is 354 g/mol. The predicted molar refractivity (Wildman–Crippen MR) is 113 cm³/mol. The molecule has 0 bridgehead atoms. The van der Waals surface area contributed by atoms with Gasteiger partial charge in [0.1, 0.15) is 5.76 Å². The van der Waals surface area contributed by atoms with E-state index in [0.717, 1.165) is 36.8 Å².